The van der Waals surface area contributed by atoms with Gasteiger partial charge in [-0.3, -0.25) is 4.79 Å². The Morgan fingerprint density at radius 2 is 1.73 bits per heavy atom. The third kappa shape index (κ3) is 7.80. The molecule has 0 aliphatic heterocycles. The van der Waals surface area contributed by atoms with Gasteiger partial charge >= 0.3 is 11.9 Å². The molecule has 6 heteroatoms. The quantitative estimate of drug-likeness (QED) is 0.374. The standard InChI is InChI=1S/C5H8O5.Na/c6-3(5(9)10)1-2-4(7)8;/h3,6H,1-2H2,(H,7,8)(H,9,10);/i1+1,2+1,3+1,4+1,5+1;. The molecule has 1 unspecified atom stereocenters. The zero-order chi connectivity index (χ0) is 8.15. The molecule has 0 bridgehead atoms. The minimum absolute atomic E-state index is 0. The minimum atomic E-state index is -1.56. The summed E-state index contributed by atoms with van der Waals surface area (Å²) in [4.78, 5) is 19.7. The number of carboxylic acid groups (broad SMARTS) is 2. The molecule has 5 nitrogen and oxygen atoms in total. The summed E-state index contributed by atoms with van der Waals surface area (Å²) in [6.45, 7) is 0. The molecule has 0 aliphatic rings. The van der Waals surface area contributed by atoms with E-state index in [-0.39, 0.29) is 42.4 Å². The van der Waals surface area contributed by atoms with E-state index in [1.54, 1.807) is 0 Å². The van der Waals surface area contributed by atoms with Gasteiger partial charge in [-0.05, 0) is 6.42 Å². The Hall–Kier alpha value is -0.100. The molecular weight excluding hydrogens is 168 g/mol. The summed E-state index contributed by atoms with van der Waals surface area (Å²) in [6, 6.07) is 0. The summed E-state index contributed by atoms with van der Waals surface area (Å²) >= 11 is 0. The van der Waals surface area contributed by atoms with Crippen LogP contribution in [0.25, 0.3) is 0 Å². The van der Waals surface area contributed by atoms with E-state index in [2.05, 4.69) is 0 Å². The number of carboxylic acids is 2. The van der Waals surface area contributed by atoms with Gasteiger partial charge in [-0.25, -0.2) is 4.79 Å². The van der Waals surface area contributed by atoms with Crippen LogP contribution in [0.2, 0.25) is 0 Å². The number of aliphatic hydroxyl groups excluding tert-OH is 1. The number of hydrogen-bond acceptors (Lipinski definition) is 3. The first-order valence-corrected chi connectivity index (χ1v) is 2.66. The van der Waals surface area contributed by atoms with E-state index in [0.717, 1.165) is 0 Å². The molecule has 0 fully saturated rings. The van der Waals surface area contributed by atoms with Crippen LogP contribution in [-0.2, 0) is 9.59 Å². The molecule has 1 radical (unpaired) electrons. The van der Waals surface area contributed by atoms with Gasteiger partial charge < -0.3 is 15.3 Å². The number of carbonyl (C=O) groups is 2. The van der Waals surface area contributed by atoms with Crippen LogP contribution in [0.15, 0.2) is 0 Å². The van der Waals surface area contributed by atoms with Crippen LogP contribution in [0.3, 0.4) is 0 Å². The normalized spacial score (nSPS) is 11.4. The second kappa shape index (κ2) is 6.60. The molecule has 0 saturated carbocycles. The number of hydrogen-bond donors (Lipinski definition) is 3. The first-order valence-electron chi connectivity index (χ1n) is 2.66. The Labute approximate surface area is 85.3 Å². The Bertz CT molecular complexity index is 146. The van der Waals surface area contributed by atoms with Crippen LogP contribution in [0, 0.1) is 0 Å². The summed E-state index contributed by atoms with van der Waals surface area (Å²) < 4.78 is 0. The van der Waals surface area contributed by atoms with Crippen molar-refractivity contribution in [1.29, 1.82) is 0 Å². The summed E-state index contributed by atoms with van der Waals surface area (Å²) in [6.07, 6.45) is -2.13. The minimum Gasteiger partial charge on any atom is -0.481 e. The van der Waals surface area contributed by atoms with Crippen molar-refractivity contribution in [3.05, 3.63) is 0 Å². The molecule has 0 amide bonds. The smallest absolute Gasteiger partial charge is 0.332 e. The van der Waals surface area contributed by atoms with E-state index in [1.165, 1.54) is 0 Å². The van der Waals surface area contributed by atoms with Gasteiger partial charge in [-0.2, -0.15) is 0 Å². The van der Waals surface area contributed by atoms with Crippen LogP contribution >= 0.6 is 0 Å². The van der Waals surface area contributed by atoms with Gasteiger partial charge in [-0.15, -0.1) is 0 Å². The van der Waals surface area contributed by atoms with Crippen molar-refractivity contribution in [2.24, 2.45) is 0 Å². The van der Waals surface area contributed by atoms with Gasteiger partial charge in [0.05, 0.1) is 0 Å². The van der Waals surface area contributed by atoms with Gasteiger partial charge in [0.15, 0.2) is 6.10 Å². The van der Waals surface area contributed by atoms with Crippen molar-refractivity contribution in [2.75, 3.05) is 0 Å². The fourth-order valence-electron chi connectivity index (χ4n) is 0.384. The molecule has 0 aliphatic carbocycles. The molecule has 11 heavy (non-hydrogen) atoms. The Morgan fingerprint density at radius 3 is 2.00 bits per heavy atom. The maximum absolute atomic E-state index is 9.87. The predicted molar refractivity (Wildman–Crippen MR) is 36.3 cm³/mol. The summed E-state index contributed by atoms with van der Waals surface area (Å²) in [5, 5.41) is 24.6. The summed E-state index contributed by atoms with van der Waals surface area (Å²) in [5.74, 6) is -2.50. The molecule has 0 spiro atoms. The SMILES string of the molecule is O=[13C](O)[13CH2][13CH2][13CH](O)[13C](=O)O.[Na]. The van der Waals surface area contributed by atoms with Crippen LogP contribution < -0.4 is 0 Å². The molecule has 0 aromatic carbocycles. The summed E-state index contributed by atoms with van der Waals surface area (Å²) in [7, 11) is 0. The summed E-state index contributed by atoms with van der Waals surface area (Å²) in [5.41, 5.74) is 0. The van der Waals surface area contributed by atoms with E-state index < -0.39 is 18.0 Å². The third-order valence-corrected chi connectivity index (χ3v) is 0.917. The van der Waals surface area contributed by atoms with E-state index >= 15 is 0 Å². The van der Waals surface area contributed by atoms with E-state index in [0.29, 0.717) is 0 Å². The molecule has 0 rings (SSSR count). The second-order valence-electron chi connectivity index (χ2n) is 1.79. The molecule has 0 heterocycles. The van der Waals surface area contributed by atoms with E-state index in [1.807, 2.05) is 0 Å². The van der Waals surface area contributed by atoms with Crippen LogP contribution in [0.4, 0.5) is 0 Å². The monoisotopic (exact) mass is 176 g/mol. The van der Waals surface area contributed by atoms with Gasteiger partial charge in [0.2, 0.25) is 0 Å². The maximum Gasteiger partial charge on any atom is 0.332 e. The average molecular weight is 176 g/mol. The van der Waals surface area contributed by atoms with Crippen molar-refractivity contribution in [2.45, 2.75) is 18.9 Å². The van der Waals surface area contributed by atoms with Gasteiger partial charge in [0.1, 0.15) is 0 Å². The van der Waals surface area contributed by atoms with E-state index in [9.17, 15) is 9.59 Å². The van der Waals surface area contributed by atoms with Crippen LogP contribution in [-0.4, -0.2) is 62.9 Å². The predicted octanol–water partition coefficient (Wildman–Crippen LogP) is -1.08. The maximum atomic E-state index is 9.87. The van der Waals surface area contributed by atoms with Gasteiger partial charge in [-0.1, -0.05) is 0 Å². The topological polar surface area (TPSA) is 94.8 Å². The Balaban J connectivity index is 0. The fraction of sp³-hybridized carbons (Fsp3) is 0.600. The second-order valence-corrected chi connectivity index (χ2v) is 1.79. The molecule has 59 valence electrons. The first kappa shape index (κ1) is 13.5. The van der Waals surface area contributed by atoms with Crippen molar-refractivity contribution in [3.63, 3.8) is 0 Å². The van der Waals surface area contributed by atoms with Crippen molar-refractivity contribution in [1.82, 2.24) is 0 Å². The zero-order valence-electron chi connectivity index (χ0n) is 6.15. The van der Waals surface area contributed by atoms with Crippen molar-refractivity contribution >= 4 is 41.5 Å². The molecule has 0 aromatic rings. The third-order valence-electron chi connectivity index (χ3n) is 0.917. The van der Waals surface area contributed by atoms with Gasteiger partial charge in [0, 0.05) is 36.0 Å². The number of aliphatic carboxylic acids is 2. The van der Waals surface area contributed by atoms with Crippen LogP contribution in [0.5, 0.6) is 0 Å². The first-order chi connectivity index (χ1) is 4.54. The zero-order valence-corrected chi connectivity index (χ0v) is 8.15. The number of rotatable bonds is 4. The molecule has 0 saturated heterocycles. The van der Waals surface area contributed by atoms with E-state index in [4.69, 9.17) is 15.3 Å². The molecule has 1 atom stereocenters. The molecule has 0 aromatic heterocycles. The average Bonchev–Trinajstić information content (AvgIpc) is 1.82. The van der Waals surface area contributed by atoms with Crippen molar-refractivity contribution < 1.29 is 24.9 Å². The Kier molecular flexibility index (Phi) is 8.09. The molecular formula is C5H8NaO5. The number of aliphatic hydroxyl groups is 1. The Morgan fingerprint density at radius 1 is 1.27 bits per heavy atom. The molecule has 3 N–H and O–H groups in total. The van der Waals surface area contributed by atoms with Crippen molar-refractivity contribution in [3.8, 4) is 0 Å². The van der Waals surface area contributed by atoms with Crippen LogP contribution in [0.1, 0.15) is 12.8 Å². The largest absolute Gasteiger partial charge is 0.481 e. The fourth-order valence-corrected chi connectivity index (χ4v) is 0.384. The van der Waals surface area contributed by atoms with Gasteiger partial charge in [0.25, 0.3) is 0 Å².